The topological polar surface area (TPSA) is 77.8 Å². The van der Waals surface area contributed by atoms with E-state index >= 15 is 0 Å². The second-order valence-electron chi connectivity index (χ2n) is 7.03. The van der Waals surface area contributed by atoms with E-state index in [0.717, 1.165) is 0 Å². The zero-order valence-corrected chi connectivity index (χ0v) is 16.3. The molecule has 30 heavy (non-hydrogen) atoms. The first kappa shape index (κ1) is 18.0. The van der Waals surface area contributed by atoms with Crippen LogP contribution in [0.5, 0.6) is 17.2 Å². The van der Waals surface area contributed by atoms with Gasteiger partial charge in [-0.25, -0.2) is 0 Å². The maximum atomic E-state index is 13.5. The molecule has 0 fully saturated rings. The van der Waals surface area contributed by atoms with Gasteiger partial charge in [-0.3, -0.25) is 14.2 Å². The highest BCUT2D eigenvalue weighted by molar-refractivity contribution is 6.26. The Kier molecular flexibility index (Phi) is 3.89. The van der Waals surface area contributed by atoms with Crippen molar-refractivity contribution in [2.75, 3.05) is 14.2 Å². The zero-order chi connectivity index (χ0) is 21.0. The third-order valence-corrected chi connectivity index (χ3v) is 5.45. The van der Waals surface area contributed by atoms with Crippen molar-refractivity contribution in [2.24, 2.45) is 0 Å². The Labute approximate surface area is 171 Å². The van der Waals surface area contributed by atoms with E-state index in [1.165, 1.54) is 12.1 Å². The molecule has 6 nitrogen and oxygen atoms in total. The number of carbonyl (C=O) groups excluding carboxylic acids is 2. The van der Waals surface area contributed by atoms with Gasteiger partial charge in [-0.2, -0.15) is 0 Å². The number of phenols is 1. The van der Waals surface area contributed by atoms with Crippen molar-refractivity contribution in [3.63, 3.8) is 0 Å². The number of ether oxygens (including phenoxy) is 2. The lowest BCUT2D eigenvalue weighted by molar-refractivity contribution is 0.0973. The lowest BCUT2D eigenvalue weighted by Gasteiger charge is -2.07. The van der Waals surface area contributed by atoms with Gasteiger partial charge in [-0.05, 0) is 54.6 Å². The second kappa shape index (κ2) is 6.49. The standard InChI is InChI=1S/C24H17NO5/c1-29-15-7-9-17-19(11-15)22-21(23(27)13-3-5-14(26)6-4-13)18-10-8-16(30-2)12-20(18)25(22)24(17)28/h3-12,26H,1-2H3. The van der Waals surface area contributed by atoms with Crippen molar-refractivity contribution in [1.82, 2.24) is 4.57 Å². The molecular weight excluding hydrogens is 382 g/mol. The van der Waals surface area contributed by atoms with Crippen LogP contribution in [0.3, 0.4) is 0 Å². The number of hydrogen-bond donors (Lipinski definition) is 1. The number of rotatable bonds is 4. The van der Waals surface area contributed by atoms with Crippen molar-refractivity contribution < 1.29 is 24.2 Å². The minimum Gasteiger partial charge on any atom is -0.508 e. The number of nitrogens with zero attached hydrogens (tertiary/aromatic N) is 1. The molecule has 0 amide bonds. The number of fused-ring (bicyclic) bond motifs is 5. The molecule has 0 spiro atoms. The molecule has 1 aliphatic heterocycles. The van der Waals surface area contributed by atoms with Crippen LogP contribution < -0.4 is 9.47 Å². The Morgan fingerprint density at radius 2 is 1.53 bits per heavy atom. The van der Waals surface area contributed by atoms with Crippen LogP contribution in [0.15, 0.2) is 60.7 Å². The maximum Gasteiger partial charge on any atom is 0.263 e. The van der Waals surface area contributed by atoms with Crippen molar-refractivity contribution in [1.29, 1.82) is 0 Å². The Bertz CT molecular complexity index is 1350. The number of benzene rings is 3. The molecule has 0 aliphatic carbocycles. The number of ketones is 1. The summed E-state index contributed by atoms with van der Waals surface area (Å²) in [6.45, 7) is 0. The van der Waals surface area contributed by atoms with E-state index < -0.39 is 0 Å². The molecule has 0 saturated heterocycles. The van der Waals surface area contributed by atoms with E-state index in [2.05, 4.69) is 0 Å². The first-order valence-corrected chi connectivity index (χ1v) is 9.32. The Morgan fingerprint density at radius 3 is 2.23 bits per heavy atom. The molecule has 3 aromatic carbocycles. The number of phenolic OH excluding ortho intramolecular Hbond substituents is 1. The summed E-state index contributed by atoms with van der Waals surface area (Å²) in [7, 11) is 3.11. The molecule has 148 valence electrons. The highest BCUT2D eigenvalue weighted by Gasteiger charge is 2.35. The van der Waals surface area contributed by atoms with Gasteiger partial charge in [0.25, 0.3) is 5.91 Å². The van der Waals surface area contributed by atoms with E-state index in [9.17, 15) is 14.7 Å². The second-order valence-corrected chi connectivity index (χ2v) is 7.03. The summed E-state index contributed by atoms with van der Waals surface area (Å²) in [5.41, 5.74) is 3.15. The van der Waals surface area contributed by atoms with Crippen molar-refractivity contribution in [3.05, 3.63) is 77.4 Å². The molecule has 1 aliphatic rings. The van der Waals surface area contributed by atoms with Gasteiger partial charge in [0.1, 0.15) is 17.2 Å². The fraction of sp³-hybridized carbons (Fsp3) is 0.0833. The third kappa shape index (κ3) is 2.43. The summed E-state index contributed by atoms with van der Waals surface area (Å²) in [6.07, 6.45) is 0. The van der Waals surface area contributed by atoms with E-state index in [1.807, 2.05) is 0 Å². The monoisotopic (exact) mass is 399 g/mol. The van der Waals surface area contributed by atoms with E-state index in [0.29, 0.717) is 50.3 Å². The molecule has 2 heterocycles. The quantitative estimate of drug-likeness (QED) is 0.457. The van der Waals surface area contributed by atoms with E-state index in [4.69, 9.17) is 9.47 Å². The van der Waals surface area contributed by atoms with Gasteiger partial charge in [-0.1, -0.05) is 0 Å². The minimum atomic E-state index is -0.234. The third-order valence-electron chi connectivity index (χ3n) is 5.45. The van der Waals surface area contributed by atoms with Gasteiger partial charge < -0.3 is 14.6 Å². The molecule has 1 N–H and O–H groups in total. The average Bonchev–Trinajstić information content (AvgIpc) is 3.26. The van der Waals surface area contributed by atoms with Gasteiger partial charge in [0.15, 0.2) is 5.78 Å². The number of methoxy groups -OCH3 is 2. The van der Waals surface area contributed by atoms with Gasteiger partial charge in [0, 0.05) is 28.1 Å². The van der Waals surface area contributed by atoms with Gasteiger partial charge in [-0.15, -0.1) is 0 Å². The molecule has 4 aromatic rings. The molecule has 5 rings (SSSR count). The molecular formula is C24H17NO5. The van der Waals surface area contributed by atoms with Crippen LogP contribution in [0.2, 0.25) is 0 Å². The summed E-state index contributed by atoms with van der Waals surface area (Å²) in [6, 6.07) is 16.6. The molecule has 1 aromatic heterocycles. The Morgan fingerprint density at radius 1 is 0.867 bits per heavy atom. The van der Waals surface area contributed by atoms with Crippen LogP contribution in [0.25, 0.3) is 22.2 Å². The lowest BCUT2D eigenvalue weighted by atomic mass is 9.95. The van der Waals surface area contributed by atoms with Crippen LogP contribution >= 0.6 is 0 Å². The number of aromatic hydroxyl groups is 1. The zero-order valence-electron chi connectivity index (χ0n) is 16.3. The predicted octanol–water partition coefficient (Wildman–Crippen LogP) is 4.26. The van der Waals surface area contributed by atoms with Crippen LogP contribution in [-0.2, 0) is 0 Å². The fourth-order valence-electron chi connectivity index (χ4n) is 4.00. The smallest absolute Gasteiger partial charge is 0.263 e. The summed E-state index contributed by atoms with van der Waals surface area (Å²) in [4.78, 5) is 26.8. The number of aromatic nitrogens is 1. The molecule has 0 atom stereocenters. The largest absolute Gasteiger partial charge is 0.508 e. The summed E-state index contributed by atoms with van der Waals surface area (Å²) < 4.78 is 12.3. The minimum absolute atomic E-state index is 0.0773. The SMILES string of the molecule is COc1ccc2c(c1)-c1c(C(=O)c3ccc(O)cc3)c3ccc(OC)cc3n1C2=O. The molecule has 0 saturated carbocycles. The van der Waals surface area contributed by atoms with E-state index in [1.54, 1.807) is 67.3 Å². The molecule has 0 radical (unpaired) electrons. The Balaban J connectivity index is 1.86. The summed E-state index contributed by atoms with van der Waals surface area (Å²) in [5, 5.41) is 10.2. The highest BCUT2D eigenvalue weighted by Crippen LogP contribution is 2.44. The highest BCUT2D eigenvalue weighted by atomic mass is 16.5. The van der Waals surface area contributed by atoms with Crippen LogP contribution in [0, 0.1) is 0 Å². The Hall–Kier alpha value is -4.06. The first-order chi connectivity index (χ1) is 14.5. The van der Waals surface area contributed by atoms with Crippen molar-refractivity contribution >= 4 is 22.6 Å². The van der Waals surface area contributed by atoms with Crippen LogP contribution in [-0.4, -0.2) is 35.6 Å². The molecule has 6 heteroatoms. The number of carbonyl (C=O) groups is 2. The van der Waals surface area contributed by atoms with Crippen LogP contribution in [0.4, 0.5) is 0 Å². The molecule has 0 unspecified atom stereocenters. The number of hydrogen-bond acceptors (Lipinski definition) is 5. The van der Waals surface area contributed by atoms with E-state index in [-0.39, 0.29) is 17.4 Å². The fourth-order valence-corrected chi connectivity index (χ4v) is 4.00. The summed E-state index contributed by atoms with van der Waals surface area (Å²) >= 11 is 0. The maximum absolute atomic E-state index is 13.5. The normalized spacial score (nSPS) is 12.0. The predicted molar refractivity (Wildman–Crippen MR) is 112 cm³/mol. The first-order valence-electron chi connectivity index (χ1n) is 9.32. The lowest BCUT2D eigenvalue weighted by Crippen LogP contribution is -2.06. The van der Waals surface area contributed by atoms with Gasteiger partial charge in [0.05, 0.1) is 31.0 Å². The molecule has 0 bridgehead atoms. The van der Waals surface area contributed by atoms with Crippen molar-refractivity contribution in [3.8, 4) is 28.5 Å². The van der Waals surface area contributed by atoms with Crippen molar-refractivity contribution in [2.45, 2.75) is 0 Å². The van der Waals surface area contributed by atoms with Crippen LogP contribution in [0.1, 0.15) is 26.3 Å². The van der Waals surface area contributed by atoms with Gasteiger partial charge >= 0.3 is 0 Å². The summed E-state index contributed by atoms with van der Waals surface area (Å²) in [5.74, 6) is 0.829. The average molecular weight is 399 g/mol. The van der Waals surface area contributed by atoms with Gasteiger partial charge in [0.2, 0.25) is 0 Å².